The molecule has 0 saturated carbocycles. The predicted octanol–water partition coefficient (Wildman–Crippen LogP) is 1.57. The number of nitrogens with zero attached hydrogens (tertiary/aromatic N) is 3. The molecule has 0 aliphatic carbocycles. The fraction of sp³-hybridized carbons (Fsp3) is 0.316. The normalized spacial score (nSPS) is 22.1. The molecule has 1 aliphatic heterocycles. The van der Waals surface area contributed by atoms with E-state index >= 15 is 0 Å². The summed E-state index contributed by atoms with van der Waals surface area (Å²) in [5.74, 6) is -0.491. The van der Waals surface area contributed by atoms with Gasteiger partial charge in [-0.15, -0.1) is 0 Å². The third kappa shape index (κ3) is 3.12. The monoisotopic (exact) mass is 337 g/mol. The fourth-order valence-electron chi connectivity index (χ4n) is 3.38. The van der Waals surface area contributed by atoms with E-state index in [0.29, 0.717) is 0 Å². The minimum absolute atomic E-state index is 0.0959. The molecule has 0 bridgehead atoms. The van der Waals surface area contributed by atoms with Gasteiger partial charge in [0.2, 0.25) is 5.91 Å². The maximum absolute atomic E-state index is 12.1. The molecule has 3 atom stereocenters. The second-order valence-electron chi connectivity index (χ2n) is 5.95. The first-order chi connectivity index (χ1) is 12.2. The molecule has 2 aromatic rings. The molecule has 1 N–H and O–H groups in total. The number of amides is 1. The number of nitriles is 1. The number of aliphatic hydroxyl groups is 1. The van der Waals surface area contributed by atoms with E-state index in [2.05, 4.69) is 11.1 Å². The van der Waals surface area contributed by atoms with E-state index in [4.69, 9.17) is 4.74 Å². The van der Waals surface area contributed by atoms with Crippen LogP contribution in [0.1, 0.15) is 11.5 Å². The lowest BCUT2D eigenvalue weighted by Crippen LogP contribution is -2.65. The van der Waals surface area contributed by atoms with Crippen LogP contribution >= 0.6 is 0 Å². The van der Waals surface area contributed by atoms with Crippen molar-refractivity contribution in [3.05, 3.63) is 54.4 Å². The second-order valence-corrected chi connectivity index (χ2v) is 5.95. The zero-order chi connectivity index (χ0) is 17.8. The highest BCUT2D eigenvalue weighted by Gasteiger charge is 2.51. The third-order valence-electron chi connectivity index (χ3n) is 4.58. The smallest absolute Gasteiger partial charge is 0.249 e. The molecule has 1 aliphatic rings. The molecular weight excluding hydrogens is 318 g/mol. The molecule has 1 fully saturated rings. The average molecular weight is 337 g/mol. The highest BCUT2D eigenvalue weighted by Crippen LogP contribution is 2.40. The van der Waals surface area contributed by atoms with Crippen molar-refractivity contribution in [2.24, 2.45) is 0 Å². The zero-order valence-electron chi connectivity index (χ0n) is 13.9. The summed E-state index contributed by atoms with van der Waals surface area (Å²) in [6, 6.07) is 12.9. The van der Waals surface area contributed by atoms with Gasteiger partial charge in [-0.3, -0.25) is 9.78 Å². The van der Waals surface area contributed by atoms with Crippen LogP contribution in [0.25, 0.3) is 11.1 Å². The van der Waals surface area contributed by atoms with Crippen molar-refractivity contribution in [1.82, 2.24) is 9.88 Å². The molecule has 1 saturated heterocycles. The predicted molar refractivity (Wildman–Crippen MR) is 91.4 cm³/mol. The average Bonchev–Trinajstić information content (AvgIpc) is 2.63. The summed E-state index contributed by atoms with van der Waals surface area (Å²) in [4.78, 5) is 17.6. The molecule has 6 nitrogen and oxygen atoms in total. The van der Waals surface area contributed by atoms with Gasteiger partial charge < -0.3 is 14.7 Å². The van der Waals surface area contributed by atoms with Crippen LogP contribution in [-0.2, 0) is 9.53 Å². The summed E-state index contributed by atoms with van der Waals surface area (Å²) < 4.78 is 4.86. The molecule has 3 rings (SSSR count). The number of benzene rings is 1. The number of hydrogen-bond donors (Lipinski definition) is 1. The van der Waals surface area contributed by atoms with Gasteiger partial charge in [0.1, 0.15) is 12.6 Å². The Morgan fingerprint density at radius 2 is 2.08 bits per heavy atom. The zero-order valence-corrected chi connectivity index (χ0v) is 13.9. The summed E-state index contributed by atoms with van der Waals surface area (Å²) in [5, 5.41) is 19.2. The van der Waals surface area contributed by atoms with Gasteiger partial charge >= 0.3 is 0 Å². The van der Waals surface area contributed by atoms with Crippen LogP contribution in [0.15, 0.2) is 48.8 Å². The van der Waals surface area contributed by atoms with Gasteiger partial charge in [0.15, 0.2) is 0 Å². The van der Waals surface area contributed by atoms with Gasteiger partial charge in [-0.1, -0.05) is 30.3 Å². The Morgan fingerprint density at radius 3 is 2.64 bits per heavy atom. The van der Waals surface area contributed by atoms with Crippen molar-refractivity contribution < 1.29 is 14.6 Å². The number of aromatic nitrogens is 1. The van der Waals surface area contributed by atoms with Crippen LogP contribution in [0.2, 0.25) is 0 Å². The molecule has 0 spiro atoms. The quantitative estimate of drug-likeness (QED) is 0.895. The summed E-state index contributed by atoms with van der Waals surface area (Å²) in [7, 11) is 1.43. The lowest BCUT2D eigenvalue weighted by molar-refractivity contribution is -0.150. The Morgan fingerprint density at radius 1 is 1.32 bits per heavy atom. The highest BCUT2D eigenvalue weighted by atomic mass is 16.5. The lowest BCUT2D eigenvalue weighted by Gasteiger charge is -2.51. The summed E-state index contributed by atoms with van der Waals surface area (Å²) in [6.07, 6.45) is 3.51. The largest absolute Gasteiger partial charge is 0.394 e. The fourth-order valence-corrected chi connectivity index (χ4v) is 3.38. The standard InChI is InChI=1S/C19H19N3O3/c1-25-12-18(24)22-16(9-20)19(17(22)11-23)14-6-4-13(5-7-14)15-3-2-8-21-10-15/h2-8,10,16-17,19,23H,11-12H2,1H3/t16-,17+,19+/m1/s1. The number of hydrogen-bond acceptors (Lipinski definition) is 5. The van der Waals surface area contributed by atoms with Crippen molar-refractivity contribution in [3.8, 4) is 17.2 Å². The summed E-state index contributed by atoms with van der Waals surface area (Å²) in [6.45, 7) is -0.288. The first-order valence-corrected chi connectivity index (χ1v) is 8.02. The number of carbonyl (C=O) groups is 1. The van der Waals surface area contributed by atoms with E-state index in [1.165, 1.54) is 12.0 Å². The number of ether oxygens (including phenoxy) is 1. The van der Waals surface area contributed by atoms with Gasteiger partial charge in [0.25, 0.3) is 0 Å². The van der Waals surface area contributed by atoms with E-state index in [9.17, 15) is 15.2 Å². The number of pyridine rings is 1. The molecule has 2 heterocycles. The molecule has 6 heteroatoms. The first-order valence-electron chi connectivity index (χ1n) is 8.02. The van der Waals surface area contributed by atoms with Crippen LogP contribution in [0.4, 0.5) is 0 Å². The number of likely N-dealkylation sites (tertiary alicyclic amines) is 1. The van der Waals surface area contributed by atoms with Gasteiger partial charge in [-0.05, 0) is 22.8 Å². The van der Waals surface area contributed by atoms with E-state index in [1.807, 2.05) is 36.4 Å². The molecule has 0 radical (unpaired) electrons. The molecule has 1 amide bonds. The molecule has 1 aromatic heterocycles. The molecule has 1 aromatic carbocycles. The van der Waals surface area contributed by atoms with Crippen LogP contribution in [0.5, 0.6) is 0 Å². The number of methoxy groups -OCH3 is 1. The molecule has 25 heavy (non-hydrogen) atoms. The molecule has 0 unspecified atom stereocenters. The van der Waals surface area contributed by atoms with E-state index < -0.39 is 12.1 Å². The summed E-state index contributed by atoms with van der Waals surface area (Å²) >= 11 is 0. The van der Waals surface area contributed by atoms with Crippen molar-refractivity contribution >= 4 is 5.91 Å². The van der Waals surface area contributed by atoms with Crippen LogP contribution in [0.3, 0.4) is 0 Å². The van der Waals surface area contributed by atoms with Crippen molar-refractivity contribution in [2.75, 3.05) is 20.3 Å². The highest BCUT2D eigenvalue weighted by molar-refractivity contribution is 5.80. The van der Waals surface area contributed by atoms with Gasteiger partial charge in [0.05, 0.1) is 18.7 Å². The van der Waals surface area contributed by atoms with Crippen LogP contribution < -0.4 is 0 Å². The second kappa shape index (κ2) is 7.43. The van der Waals surface area contributed by atoms with Gasteiger partial charge in [0, 0.05) is 25.4 Å². The number of carbonyl (C=O) groups excluding carboxylic acids is 1. The Kier molecular flexibility index (Phi) is 5.08. The van der Waals surface area contributed by atoms with Gasteiger partial charge in [-0.25, -0.2) is 0 Å². The Hall–Kier alpha value is -2.75. The maximum atomic E-state index is 12.1. The maximum Gasteiger partial charge on any atom is 0.249 e. The van der Waals surface area contributed by atoms with Crippen LogP contribution in [0, 0.1) is 11.3 Å². The SMILES string of the molecule is COCC(=O)N1[C@H](C#N)[C@H](c2ccc(-c3cccnc3)cc2)[C@@H]1CO. The Bertz CT molecular complexity index is 771. The minimum Gasteiger partial charge on any atom is -0.394 e. The Labute approximate surface area is 146 Å². The minimum atomic E-state index is -0.593. The lowest BCUT2D eigenvalue weighted by atomic mass is 9.75. The summed E-state index contributed by atoms with van der Waals surface area (Å²) in [5.41, 5.74) is 2.97. The van der Waals surface area contributed by atoms with Gasteiger partial charge in [-0.2, -0.15) is 5.26 Å². The van der Waals surface area contributed by atoms with Crippen molar-refractivity contribution in [3.63, 3.8) is 0 Å². The third-order valence-corrected chi connectivity index (χ3v) is 4.58. The van der Waals surface area contributed by atoms with E-state index in [-0.39, 0.29) is 25.0 Å². The molecule has 128 valence electrons. The van der Waals surface area contributed by atoms with Crippen LogP contribution in [-0.4, -0.2) is 53.3 Å². The number of aliphatic hydroxyl groups excluding tert-OH is 1. The molecular formula is C19H19N3O3. The van der Waals surface area contributed by atoms with E-state index in [1.54, 1.807) is 12.4 Å². The topological polar surface area (TPSA) is 86.5 Å². The number of rotatable bonds is 5. The van der Waals surface area contributed by atoms with Crippen molar-refractivity contribution in [2.45, 2.75) is 18.0 Å². The first kappa shape index (κ1) is 17.1. The Balaban J connectivity index is 1.83. The van der Waals surface area contributed by atoms with Crippen molar-refractivity contribution in [1.29, 1.82) is 5.26 Å². The van der Waals surface area contributed by atoms with E-state index in [0.717, 1.165) is 16.7 Å².